The minimum Gasteiger partial charge on any atom is -0.317 e. The maximum atomic E-state index is 9.36. The topological polar surface area (TPSA) is 50.8 Å². The fourth-order valence-electron chi connectivity index (χ4n) is 5.05. The van der Waals surface area contributed by atoms with Gasteiger partial charge < -0.3 is 4.90 Å². The minimum atomic E-state index is 0.489. The summed E-state index contributed by atoms with van der Waals surface area (Å²) in [6, 6.07) is 20.2. The minimum absolute atomic E-state index is 0.489. The van der Waals surface area contributed by atoms with Gasteiger partial charge in [0, 0.05) is 34.8 Å². The largest absolute Gasteiger partial charge is 0.317 e. The van der Waals surface area contributed by atoms with Gasteiger partial charge in [0.1, 0.15) is 0 Å². The maximum absolute atomic E-state index is 9.36. The number of benzene rings is 2. The van der Waals surface area contributed by atoms with Gasteiger partial charge in [-0.05, 0) is 87.3 Å². The summed E-state index contributed by atoms with van der Waals surface area (Å²) in [5, 5.41) is 20.9. The van der Waals surface area contributed by atoms with Crippen LogP contribution in [0.1, 0.15) is 34.4 Å². The molecule has 1 aromatic heterocycles. The third-order valence-corrected chi connectivity index (χ3v) is 7.68. The van der Waals surface area contributed by atoms with Gasteiger partial charge in [-0.2, -0.15) is 10.5 Å². The molecule has 0 radical (unpaired) electrons. The molecule has 0 saturated carbocycles. The Kier molecular flexibility index (Phi) is 5.38. The van der Waals surface area contributed by atoms with Gasteiger partial charge >= 0.3 is 0 Å². The Hall–Kier alpha value is -4.64. The number of hydrogen-bond donors (Lipinski definition) is 0. The van der Waals surface area contributed by atoms with E-state index in [1.54, 1.807) is 17.4 Å². The first-order chi connectivity index (χ1) is 17.6. The highest BCUT2D eigenvalue weighted by molar-refractivity contribution is 7.11. The summed E-state index contributed by atoms with van der Waals surface area (Å²) >= 11 is 1.79. The van der Waals surface area contributed by atoms with Gasteiger partial charge in [-0.25, -0.2) is 0 Å². The van der Waals surface area contributed by atoms with Crippen molar-refractivity contribution in [1.29, 1.82) is 10.5 Å². The van der Waals surface area contributed by atoms with Gasteiger partial charge in [0.25, 0.3) is 0 Å². The number of nitriles is 2. The Labute approximate surface area is 214 Å². The zero-order valence-corrected chi connectivity index (χ0v) is 20.3. The molecule has 170 valence electrons. The van der Waals surface area contributed by atoms with E-state index in [-0.39, 0.29) is 0 Å². The first kappa shape index (κ1) is 21.9. The van der Waals surface area contributed by atoms with Crippen molar-refractivity contribution in [3.05, 3.63) is 135 Å². The average Bonchev–Trinajstić information content (AvgIpc) is 3.32. The predicted molar refractivity (Wildman–Crippen MR) is 148 cm³/mol. The zero-order valence-electron chi connectivity index (χ0n) is 19.5. The molecule has 0 N–H and O–H groups in total. The summed E-state index contributed by atoms with van der Waals surface area (Å²) < 4.78 is 0. The Bertz CT molecular complexity index is 1620. The molecule has 1 fully saturated rings. The van der Waals surface area contributed by atoms with Gasteiger partial charge in [0.15, 0.2) is 0 Å². The van der Waals surface area contributed by atoms with E-state index in [4.69, 9.17) is 0 Å². The molecular weight excluding hydrogens is 458 g/mol. The van der Waals surface area contributed by atoms with E-state index in [9.17, 15) is 10.5 Å². The van der Waals surface area contributed by atoms with E-state index in [2.05, 4.69) is 89.7 Å². The Morgan fingerprint density at radius 1 is 0.833 bits per heavy atom. The van der Waals surface area contributed by atoms with E-state index in [1.165, 1.54) is 33.0 Å². The van der Waals surface area contributed by atoms with Crippen molar-refractivity contribution in [1.82, 2.24) is 0 Å². The lowest BCUT2D eigenvalue weighted by Gasteiger charge is -2.36. The van der Waals surface area contributed by atoms with Crippen molar-refractivity contribution in [2.45, 2.75) is 12.8 Å². The standard InChI is InChI=1S/C32H21N3S/c1-21-3-2-4-29-17-27-18-30(16-25-11-12-36-32(25)31(27)10-5-21)35(29)28-8-6-24(7-9-28)26-14-22(19-33)13-23(15-26)20-34/h2-16H,1,17-18H2. The molecule has 3 aliphatic rings. The zero-order chi connectivity index (χ0) is 24.6. The molecule has 0 unspecified atom stereocenters. The van der Waals surface area contributed by atoms with Crippen LogP contribution in [0.2, 0.25) is 0 Å². The summed E-state index contributed by atoms with van der Waals surface area (Å²) in [4.78, 5) is 3.68. The highest BCUT2D eigenvalue weighted by atomic mass is 32.1. The monoisotopic (exact) mass is 479 g/mol. The lowest BCUT2D eigenvalue weighted by molar-refractivity contribution is 0.858. The average molecular weight is 480 g/mol. The Morgan fingerprint density at radius 3 is 2.33 bits per heavy atom. The molecule has 1 saturated heterocycles. The second-order valence-corrected chi connectivity index (χ2v) is 9.96. The first-order valence-corrected chi connectivity index (χ1v) is 12.6. The molecule has 2 aromatic carbocycles. The van der Waals surface area contributed by atoms with Crippen LogP contribution in [0.5, 0.6) is 0 Å². The molecule has 3 aromatic rings. The molecule has 0 spiro atoms. The van der Waals surface area contributed by atoms with Crippen LogP contribution in [0.4, 0.5) is 5.69 Å². The van der Waals surface area contributed by atoms with Gasteiger partial charge in [0.05, 0.1) is 23.3 Å². The molecule has 0 atom stereocenters. The van der Waals surface area contributed by atoms with Crippen LogP contribution >= 0.6 is 11.3 Å². The van der Waals surface area contributed by atoms with E-state index >= 15 is 0 Å². The molecule has 6 rings (SSSR count). The molecule has 1 aliphatic heterocycles. The summed E-state index contributed by atoms with van der Waals surface area (Å²) in [6.07, 6.45) is 14.8. The molecule has 36 heavy (non-hydrogen) atoms. The second kappa shape index (κ2) is 8.86. The third kappa shape index (κ3) is 3.85. The normalized spacial score (nSPS) is 16.1. The highest BCUT2D eigenvalue weighted by Crippen LogP contribution is 2.46. The van der Waals surface area contributed by atoms with Crippen molar-refractivity contribution in [2.24, 2.45) is 0 Å². The van der Waals surface area contributed by atoms with Gasteiger partial charge in [-0.15, -0.1) is 11.3 Å². The number of allylic oxidation sites excluding steroid dienone is 9. The quantitative estimate of drug-likeness (QED) is 0.373. The van der Waals surface area contributed by atoms with Crippen LogP contribution in [0.3, 0.4) is 0 Å². The Morgan fingerprint density at radius 2 is 1.58 bits per heavy atom. The summed E-state index contributed by atoms with van der Waals surface area (Å²) in [6.45, 7) is 4.18. The number of rotatable bonds is 2. The van der Waals surface area contributed by atoms with Crippen LogP contribution in [0.15, 0.2) is 113 Å². The number of fused-ring (bicyclic) bond motifs is 4. The number of anilines is 1. The smallest absolute Gasteiger partial charge is 0.0992 e. The number of piperidine rings is 1. The van der Waals surface area contributed by atoms with Crippen molar-refractivity contribution in [3.8, 4) is 23.3 Å². The summed E-state index contributed by atoms with van der Waals surface area (Å²) in [5.41, 5.74) is 11.4. The van der Waals surface area contributed by atoms with Gasteiger partial charge in [-0.1, -0.05) is 43.0 Å². The van der Waals surface area contributed by atoms with Crippen LogP contribution in [0, 0.1) is 22.7 Å². The molecular formula is C32H21N3S. The number of thiophene rings is 1. The lowest BCUT2D eigenvalue weighted by Crippen LogP contribution is -2.26. The molecule has 2 heterocycles. The summed E-state index contributed by atoms with van der Waals surface area (Å²) in [5.74, 6) is 0. The Balaban J connectivity index is 1.46. The predicted octanol–water partition coefficient (Wildman–Crippen LogP) is 8.13. The molecule has 0 amide bonds. The number of nitrogens with zero attached hydrogens (tertiary/aromatic N) is 3. The van der Waals surface area contributed by atoms with E-state index in [0.29, 0.717) is 11.1 Å². The first-order valence-electron chi connectivity index (χ1n) is 11.7. The van der Waals surface area contributed by atoms with Gasteiger partial charge in [-0.3, -0.25) is 0 Å². The highest BCUT2D eigenvalue weighted by Gasteiger charge is 2.29. The third-order valence-electron chi connectivity index (χ3n) is 6.72. The summed E-state index contributed by atoms with van der Waals surface area (Å²) in [7, 11) is 0. The van der Waals surface area contributed by atoms with Crippen LogP contribution in [0.25, 0.3) is 22.8 Å². The van der Waals surface area contributed by atoms with Crippen molar-refractivity contribution in [3.63, 3.8) is 0 Å². The van der Waals surface area contributed by atoms with Crippen LogP contribution in [-0.4, -0.2) is 0 Å². The molecule has 3 nitrogen and oxygen atoms in total. The van der Waals surface area contributed by atoms with E-state index in [0.717, 1.165) is 35.2 Å². The second-order valence-electron chi connectivity index (χ2n) is 9.04. The maximum Gasteiger partial charge on any atom is 0.0992 e. The molecule has 3 bridgehead atoms. The lowest BCUT2D eigenvalue weighted by atomic mass is 9.92. The van der Waals surface area contributed by atoms with Crippen LogP contribution in [-0.2, 0) is 0 Å². The van der Waals surface area contributed by atoms with Crippen molar-refractivity contribution in [2.75, 3.05) is 4.90 Å². The number of hydrogen-bond acceptors (Lipinski definition) is 4. The van der Waals surface area contributed by atoms with Crippen LogP contribution < -0.4 is 4.90 Å². The molecule has 4 heteroatoms. The fraction of sp³-hybridized carbons (Fsp3) is 0.0625. The van der Waals surface area contributed by atoms with Crippen molar-refractivity contribution < 1.29 is 0 Å². The van der Waals surface area contributed by atoms with E-state index < -0.39 is 0 Å². The SMILES string of the molecule is C=C1C=CC=C2CC3=C(C=C1)c1sccc1C=C(C3)N2c1ccc(-c2cc(C#N)cc(C#N)c2)cc1. The van der Waals surface area contributed by atoms with Crippen molar-refractivity contribution >= 4 is 28.7 Å². The van der Waals surface area contributed by atoms with Gasteiger partial charge in [0.2, 0.25) is 0 Å². The molecule has 2 aliphatic carbocycles. The fourth-order valence-corrected chi connectivity index (χ4v) is 6.01. The van der Waals surface area contributed by atoms with E-state index in [1.807, 2.05) is 18.2 Å².